The molecule has 2 aromatic rings. The van der Waals surface area contributed by atoms with Gasteiger partial charge >= 0.3 is 11.7 Å². The van der Waals surface area contributed by atoms with Gasteiger partial charge in [0.1, 0.15) is 11.4 Å². The maximum Gasteiger partial charge on any atom is 0.363 e. The number of hydrogen-bond donors (Lipinski definition) is 1. The Morgan fingerprint density at radius 3 is 2.67 bits per heavy atom. The molecule has 0 aliphatic carbocycles. The number of nitro groups is 1. The van der Waals surface area contributed by atoms with Crippen molar-refractivity contribution in [3.05, 3.63) is 40.3 Å². The molecule has 0 spiro atoms. The standard InChI is InChI=1S/C11H8N4O5S/c1-20-9-8(15(18)19)10(14-5-13-9)21-7-3-2-6(4-12-7)11(16)17/h2-5H,1H3,(H,16,17). The Morgan fingerprint density at radius 2 is 2.14 bits per heavy atom. The first kappa shape index (κ1) is 14.7. The lowest BCUT2D eigenvalue weighted by molar-refractivity contribution is -0.389. The fraction of sp³-hybridized carbons (Fsp3) is 0.0909. The molecular weight excluding hydrogens is 300 g/mol. The molecule has 0 aromatic carbocycles. The Kier molecular flexibility index (Phi) is 4.28. The first-order chi connectivity index (χ1) is 10.0. The van der Waals surface area contributed by atoms with Crippen LogP contribution in [-0.2, 0) is 0 Å². The quantitative estimate of drug-likeness (QED) is 0.497. The van der Waals surface area contributed by atoms with Crippen molar-refractivity contribution in [1.82, 2.24) is 15.0 Å². The highest BCUT2D eigenvalue weighted by atomic mass is 32.2. The van der Waals surface area contributed by atoms with Crippen molar-refractivity contribution < 1.29 is 19.6 Å². The second kappa shape index (κ2) is 6.13. The molecule has 2 aromatic heterocycles. The van der Waals surface area contributed by atoms with E-state index in [-0.39, 0.29) is 22.2 Å². The molecule has 9 nitrogen and oxygen atoms in total. The highest BCUT2D eigenvalue weighted by molar-refractivity contribution is 7.99. The SMILES string of the molecule is COc1ncnc(Sc2ccc(C(=O)O)cn2)c1[N+](=O)[O-]. The Morgan fingerprint density at radius 1 is 1.38 bits per heavy atom. The largest absolute Gasteiger partial charge is 0.478 e. The topological polar surface area (TPSA) is 128 Å². The van der Waals surface area contributed by atoms with Crippen molar-refractivity contribution in [3.63, 3.8) is 0 Å². The number of methoxy groups -OCH3 is 1. The summed E-state index contributed by atoms with van der Waals surface area (Å²) in [5.41, 5.74) is -0.344. The lowest BCUT2D eigenvalue weighted by Crippen LogP contribution is -2.00. The monoisotopic (exact) mass is 308 g/mol. The minimum atomic E-state index is -1.10. The molecule has 0 saturated heterocycles. The van der Waals surface area contributed by atoms with Crippen LogP contribution in [0.5, 0.6) is 5.88 Å². The minimum absolute atomic E-state index is 0.0223. The van der Waals surface area contributed by atoms with Crippen LogP contribution in [0.3, 0.4) is 0 Å². The molecule has 10 heteroatoms. The predicted octanol–water partition coefficient (Wildman–Crippen LogP) is 1.64. The van der Waals surface area contributed by atoms with E-state index in [0.29, 0.717) is 5.03 Å². The number of nitrogens with zero attached hydrogens (tertiary/aromatic N) is 4. The molecular formula is C11H8N4O5S. The average Bonchev–Trinajstić information content (AvgIpc) is 2.47. The number of aromatic carboxylic acids is 1. The van der Waals surface area contributed by atoms with Crippen LogP contribution in [0.1, 0.15) is 10.4 Å². The van der Waals surface area contributed by atoms with Crippen molar-refractivity contribution in [2.75, 3.05) is 7.11 Å². The molecule has 0 radical (unpaired) electrons. The zero-order valence-corrected chi connectivity index (χ0v) is 11.4. The normalized spacial score (nSPS) is 10.1. The molecule has 1 N–H and O–H groups in total. The van der Waals surface area contributed by atoms with Crippen molar-refractivity contribution in [2.24, 2.45) is 0 Å². The summed E-state index contributed by atoms with van der Waals surface area (Å²) in [6, 6.07) is 2.79. The number of carboxylic acids is 1. The van der Waals surface area contributed by atoms with E-state index >= 15 is 0 Å². The van der Waals surface area contributed by atoms with Crippen molar-refractivity contribution in [1.29, 1.82) is 0 Å². The van der Waals surface area contributed by atoms with Crippen molar-refractivity contribution >= 4 is 23.4 Å². The van der Waals surface area contributed by atoms with Crippen LogP contribution in [0.25, 0.3) is 0 Å². The fourth-order valence-electron chi connectivity index (χ4n) is 1.39. The van der Waals surface area contributed by atoms with Gasteiger partial charge in [-0.3, -0.25) is 10.1 Å². The third-order valence-electron chi connectivity index (χ3n) is 2.32. The predicted molar refractivity (Wildman–Crippen MR) is 70.6 cm³/mol. The highest BCUT2D eigenvalue weighted by Crippen LogP contribution is 2.36. The summed E-state index contributed by atoms with van der Waals surface area (Å²) in [5, 5.41) is 20.3. The molecule has 108 valence electrons. The van der Waals surface area contributed by atoms with E-state index in [1.54, 1.807) is 0 Å². The number of pyridine rings is 1. The molecule has 0 aliphatic heterocycles. The first-order valence-electron chi connectivity index (χ1n) is 5.43. The minimum Gasteiger partial charge on any atom is -0.478 e. The Hall–Kier alpha value is -2.75. The Bertz CT molecular complexity index is 692. The summed E-state index contributed by atoms with van der Waals surface area (Å²) in [6.45, 7) is 0. The average molecular weight is 308 g/mol. The van der Waals surface area contributed by atoms with E-state index in [2.05, 4.69) is 15.0 Å². The van der Waals surface area contributed by atoms with Gasteiger partial charge in [-0.25, -0.2) is 14.8 Å². The molecule has 0 saturated carbocycles. The molecule has 0 aliphatic rings. The van der Waals surface area contributed by atoms with Gasteiger partial charge < -0.3 is 9.84 Å². The van der Waals surface area contributed by atoms with E-state index in [1.807, 2.05) is 0 Å². The van der Waals surface area contributed by atoms with E-state index < -0.39 is 10.9 Å². The second-order valence-corrected chi connectivity index (χ2v) is 4.60. The third-order valence-corrected chi connectivity index (χ3v) is 3.26. The lowest BCUT2D eigenvalue weighted by atomic mass is 10.3. The van der Waals surface area contributed by atoms with Gasteiger partial charge in [0.05, 0.1) is 17.6 Å². The number of carbonyl (C=O) groups is 1. The summed E-state index contributed by atoms with van der Waals surface area (Å²) < 4.78 is 4.83. The molecule has 0 fully saturated rings. The number of aromatic nitrogens is 3. The van der Waals surface area contributed by atoms with Crippen molar-refractivity contribution in [3.8, 4) is 5.88 Å². The van der Waals surface area contributed by atoms with Crippen LogP contribution in [-0.4, -0.2) is 38.1 Å². The maximum absolute atomic E-state index is 11.1. The summed E-state index contributed by atoms with van der Waals surface area (Å²) in [4.78, 5) is 32.6. The summed E-state index contributed by atoms with van der Waals surface area (Å²) in [5.74, 6) is -1.26. The Labute approximate surface area is 122 Å². The molecule has 0 atom stereocenters. The van der Waals surface area contributed by atoms with Gasteiger partial charge in [-0.2, -0.15) is 4.98 Å². The van der Waals surface area contributed by atoms with Crippen LogP contribution in [0.4, 0.5) is 5.69 Å². The molecule has 0 amide bonds. The van der Waals surface area contributed by atoms with Crippen LogP contribution < -0.4 is 4.74 Å². The molecule has 2 rings (SSSR count). The van der Waals surface area contributed by atoms with E-state index in [9.17, 15) is 14.9 Å². The van der Waals surface area contributed by atoms with Crippen molar-refractivity contribution in [2.45, 2.75) is 10.1 Å². The van der Waals surface area contributed by atoms with E-state index in [0.717, 1.165) is 24.3 Å². The summed E-state index contributed by atoms with van der Waals surface area (Å²) >= 11 is 0.916. The van der Waals surface area contributed by atoms with Gasteiger partial charge in [-0.05, 0) is 23.9 Å². The third kappa shape index (κ3) is 3.23. The van der Waals surface area contributed by atoms with Gasteiger partial charge in [0.25, 0.3) is 5.88 Å². The summed E-state index contributed by atoms with van der Waals surface area (Å²) in [6.07, 6.45) is 2.30. The Balaban J connectivity index is 2.35. The lowest BCUT2D eigenvalue weighted by Gasteiger charge is -2.04. The maximum atomic E-state index is 11.1. The number of rotatable bonds is 5. The summed E-state index contributed by atoms with van der Waals surface area (Å²) in [7, 11) is 1.27. The van der Waals surface area contributed by atoms with Gasteiger partial charge in [0.2, 0.25) is 0 Å². The molecule has 2 heterocycles. The van der Waals surface area contributed by atoms with Crippen LogP contribution in [0.2, 0.25) is 0 Å². The van der Waals surface area contributed by atoms with Gasteiger partial charge in [-0.15, -0.1) is 0 Å². The molecule has 21 heavy (non-hydrogen) atoms. The first-order valence-corrected chi connectivity index (χ1v) is 6.25. The number of hydrogen-bond acceptors (Lipinski definition) is 8. The zero-order chi connectivity index (χ0) is 15.4. The van der Waals surface area contributed by atoms with Gasteiger partial charge in [0.15, 0.2) is 5.03 Å². The molecule has 0 bridgehead atoms. The fourth-order valence-corrected chi connectivity index (χ4v) is 2.19. The second-order valence-electron chi connectivity index (χ2n) is 3.59. The highest BCUT2D eigenvalue weighted by Gasteiger charge is 2.24. The van der Waals surface area contributed by atoms with Crippen LogP contribution >= 0.6 is 11.8 Å². The van der Waals surface area contributed by atoms with E-state index in [1.165, 1.54) is 19.2 Å². The van der Waals surface area contributed by atoms with Gasteiger partial charge in [-0.1, -0.05) is 0 Å². The smallest absolute Gasteiger partial charge is 0.363 e. The number of ether oxygens (including phenoxy) is 1. The van der Waals surface area contributed by atoms with Crippen LogP contribution in [0.15, 0.2) is 34.7 Å². The number of carboxylic acid groups (broad SMARTS) is 1. The van der Waals surface area contributed by atoms with Crippen LogP contribution in [0, 0.1) is 10.1 Å². The van der Waals surface area contributed by atoms with Gasteiger partial charge in [0, 0.05) is 6.20 Å². The zero-order valence-electron chi connectivity index (χ0n) is 10.6. The molecule has 0 unspecified atom stereocenters. The van der Waals surface area contributed by atoms with E-state index in [4.69, 9.17) is 9.84 Å².